The first-order chi connectivity index (χ1) is 22.1. The molecule has 7 rings (SSSR count). The molecule has 0 bridgehead atoms. The van der Waals surface area contributed by atoms with Crippen LogP contribution in [0.15, 0.2) is 146 Å². The summed E-state index contributed by atoms with van der Waals surface area (Å²) in [6, 6.07) is 38.4. The van der Waals surface area contributed by atoms with Crippen molar-refractivity contribution >= 4 is 63.4 Å². The molecule has 5 heteroatoms. The zero-order valence-electron chi connectivity index (χ0n) is 24.7. The highest BCUT2D eigenvalue weighted by Gasteiger charge is 2.18. The maximum absolute atomic E-state index is 9.04. The average molecular weight is 584 g/mol. The minimum absolute atomic E-state index is 0.0350. The Bertz CT molecular complexity index is 2430. The largest absolute Gasteiger partial charge is 0.457 e. The maximum atomic E-state index is 9.04. The summed E-state index contributed by atoms with van der Waals surface area (Å²) in [6.07, 6.45) is 3.74. The third-order valence-corrected chi connectivity index (χ3v) is 7.94. The van der Waals surface area contributed by atoms with Gasteiger partial charge in [-0.3, -0.25) is 5.41 Å². The zero-order chi connectivity index (χ0) is 30.9. The molecule has 5 nitrogen and oxygen atoms in total. The number of furan rings is 2. The van der Waals surface area contributed by atoms with Crippen molar-refractivity contribution in [2.75, 3.05) is 0 Å². The Labute approximate surface area is 260 Å². The van der Waals surface area contributed by atoms with Crippen LogP contribution in [0.2, 0.25) is 0 Å². The van der Waals surface area contributed by atoms with Crippen molar-refractivity contribution in [1.82, 2.24) is 0 Å². The van der Waals surface area contributed by atoms with Crippen molar-refractivity contribution in [3.8, 4) is 22.3 Å². The number of nitrogens with zero attached hydrogens (tertiary/aromatic N) is 2. The molecule has 0 radical (unpaired) electrons. The summed E-state index contributed by atoms with van der Waals surface area (Å²) < 4.78 is 12.6. The summed E-state index contributed by atoms with van der Waals surface area (Å²) in [5, 5.41) is 12.7. The van der Waals surface area contributed by atoms with Crippen molar-refractivity contribution in [3.63, 3.8) is 0 Å². The SMILES string of the molecule is C=NC(=NC(=N)C(/C=C\C)=c1/c(=C)oc2ccc(-c3ccc(-c4ccccc4)c4oc5ccccc5c34)cc12)c1ccccc1. The third kappa shape index (κ3) is 4.90. The van der Waals surface area contributed by atoms with E-state index in [1.165, 1.54) is 0 Å². The van der Waals surface area contributed by atoms with Gasteiger partial charge in [-0.1, -0.05) is 110 Å². The fourth-order valence-corrected chi connectivity index (χ4v) is 5.92. The molecule has 0 saturated carbocycles. The van der Waals surface area contributed by atoms with Crippen molar-refractivity contribution in [2.45, 2.75) is 6.92 Å². The van der Waals surface area contributed by atoms with Gasteiger partial charge in [0, 0.05) is 38.1 Å². The number of allylic oxidation sites excluding steroid dienone is 1. The molecule has 7 aromatic rings. The van der Waals surface area contributed by atoms with Crippen LogP contribution >= 0.6 is 0 Å². The lowest BCUT2D eigenvalue weighted by molar-refractivity contribution is 0.577. The molecule has 0 aliphatic heterocycles. The molecule has 0 atom stereocenters. The molecule has 0 amide bonds. The number of para-hydroxylation sites is 1. The van der Waals surface area contributed by atoms with Gasteiger partial charge in [0.2, 0.25) is 0 Å². The first kappa shape index (κ1) is 27.7. The van der Waals surface area contributed by atoms with Crippen molar-refractivity contribution in [2.24, 2.45) is 9.98 Å². The number of nitrogens with one attached hydrogen (secondary N) is 1. The van der Waals surface area contributed by atoms with Crippen LogP contribution in [0.3, 0.4) is 0 Å². The van der Waals surface area contributed by atoms with Gasteiger partial charge in [0.05, 0.1) is 0 Å². The van der Waals surface area contributed by atoms with E-state index >= 15 is 0 Å². The van der Waals surface area contributed by atoms with Gasteiger partial charge in [-0.25, -0.2) is 9.98 Å². The fourth-order valence-electron chi connectivity index (χ4n) is 5.92. The van der Waals surface area contributed by atoms with Crippen LogP contribution < -0.4 is 10.6 Å². The van der Waals surface area contributed by atoms with E-state index in [9.17, 15) is 0 Å². The van der Waals surface area contributed by atoms with Crippen LogP contribution in [0.5, 0.6) is 0 Å². The third-order valence-electron chi connectivity index (χ3n) is 7.94. The predicted molar refractivity (Wildman–Crippen MR) is 188 cm³/mol. The summed E-state index contributed by atoms with van der Waals surface area (Å²) in [5.74, 6) is 0.405. The van der Waals surface area contributed by atoms with E-state index in [-0.39, 0.29) is 5.84 Å². The average Bonchev–Trinajstić information content (AvgIpc) is 3.63. The molecule has 2 aromatic heterocycles. The van der Waals surface area contributed by atoms with E-state index in [0.29, 0.717) is 27.6 Å². The highest BCUT2D eigenvalue weighted by atomic mass is 16.3. The smallest absolute Gasteiger partial charge is 0.161 e. The highest BCUT2D eigenvalue weighted by Crippen LogP contribution is 2.42. The lowest BCUT2D eigenvalue weighted by atomic mass is 9.94. The van der Waals surface area contributed by atoms with E-state index in [2.05, 4.69) is 65.7 Å². The molecule has 0 saturated heterocycles. The van der Waals surface area contributed by atoms with Gasteiger partial charge in [-0.15, -0.1) is 0 Å². The van der Waals surface area contributed by atoms with E-state index in [0.717, 1.165) is 55.1 Å². The standard InChI is InChI=1S/C40H29N3O2/c1-4-13-32(39(41)43-40(42-3)27-16-9-6-10-17-27)36-25(2)44-35-23-20-28(24-33(35)36)29-21-22-30(26-14-7-5-8-15-26)38-37(29)31-18-11-12-19-34(31)45-38/h4-24,41H,2-3H2,1H3/b13-4-,36-32-,41-39?,43-40?. The molecule has 216 valence electrons. The summed E-state index contributed by atoms with van der Waals surface area (Å²) in [5.41, 5.74) is 8.33. The monoisotopic (exact) mass is 583 g/mol. The molecule has 0 aliphatic carbocycles. The van der Waals surface area contributed by atoms with Crippen LogP contribution in [0.25, 0.3) is 67.3 Å². The molecule has 0 spiro atoms. The second kappa shape index (κ2) is 11.5. The molecule has 0 unspecified atom stereocenters. The molecular formula is C40H29N3O2. The van der Waals surface area contributed by atoms with Crippen LogP contribution in [-0.4, -0.2) is 18.4 Å². The van der Waals surface area contributed by atoms with E-state index < -0.39 is 0 Å². The van der Waals surface area contributed by atoms with Crippen LogP contribution in [0, 0.1) is 5.41 Å². The molecular weight excluding hydrogens is 554 g/mol. The van der Waals surface area contributed by atoms with Crippen LogP contribution in [-0.2, 0) is 0 Å². The van der Waals surface area contributed by atoms with Crippen molar-refractivity contribution in [3.05, 3.63) is 144 Å². The minimum atomic E-state index is 0.0350. The highest BCUT2D eigenvalue weighted by molar-refractivity contribution is 6.25. The lowest BCUT2D eigenvalue weighted by Crippen LogP contribution is -2.24. The number of rotatable bonds is 5. The maximum Gasteiger partial charge on any atom is 0.161 e. The fraction of sp³-hybridized carbons (Fsp3) is 0.0250. The van der Waals surface area contributed by atoms with Crippen LogP contribution in [0.4, 0.5) is 0 Å². The minimum Gasteiger partial charge on any atom is -0.457 e. The topological polar surface area (TPSA) is 74.8 Å². The Kier molecular flexibility index (Phi) is 7.12. The Morgan fingerprint density at radius 2 is 1.42 bits per heavy atom. The summed E-state index contributed by atoms with van der Waals surface area (Å²) in [6.45, 7) is 9.82. The summed E-state index contributed by atoms with van der Waals surface area (Å²) in [4.78, 5) is 8.69. The molecule has 2 heterocycles. The quantitative estimate of drug-likeness (QED) is 0.162. The zero-order valence-corrected chi connectivity index (χ0v) is 24.7. The number of fused-ring (bicyclic) bond motifs is 4. The molecule has 0 fully saturated rings. The van der Waals surface area contributed by atoms with Gasteiger partial charge in [0.15, 0.2) is 11.7 Å². The van der Waals surface area contributed by atoms with Crippen molar-refractivity contribution in [1.29, 1.82) is 5.41 Å². The van der Waals surface area contributed by atoms with Gasteiger partial charge in [-0.2, -0.15) is 0 Å². The lowest BCUT2D eigenvalue weighted by Gasteiger charge is -2.09. The number of aliphatic imine (C=N–C) groups is 2. The Balaban J connectivity index is 1.47. The molecule has 1 N–H and O–H groups in total. The van der Waals surface area contributed by atoms with E-state index in [1.807, 2.05) is 91.9 Å². The first-order valence-corrected chi connectivity index (χ1v) is 14.7. The number of hydrogen-bond acceptors (Lipinski definition) is 3. The Morgan fingerprint density at radius 1 is 0.733 bits per heavy atom. The van der Waals surface area contributed by atoms with Crippen LogP contribution in [0.1, 0.15) is 12.5 Å². The number of amidine groups is 2. The van der Waals surface area contributed by atoms with Gasteiger partial charge in [-0.05, 0) is 54.6 Å². The Morgan fingerprint density at radius 3 is 2.18 bits per heavy atom. The summed E-state index contributed by atoms with van der Waals surface area (Å²) in [7, 11) is 0. The first-order valence-electron chi connectivity index (χ1n) is 14.7. The molecule has 0 aliphatic rings. The second-order valence-corrected chi connectivity index (χ2v) is 10.7. The Hall–Kier alpha value is -6.07. The number of benzene rings is 5. The van der Waals surface area contributed by atoms with E-state index in [1.54, 1.807) is 0 Å². The van der Waals surface area contributed by atoms with Gasteiger partial charge >= 0.3 is 0 Å². The predicted octanol–water partition coefficient (Wildman–Crippen LogP) is 8.93. The van der Waals surface area contributed by atoms with Gasteiger partial charge < -0.3 is 8.83 Å². The molecule has 5 aromatic carbocycles. The van der Waals surface area contributed by atoms with Crippen molar-refractivity contribution < 1.29 is 8.83 Å². The summed E-state index contributed by atoms with van der Waals surface area (Å²) >= 11 is 0. The van der Waals surface area contributed by atoms with Gasteiger partial charge in [0.25, 0.3) is 0 Å². The second-order valence-electron chi connectivity index (χ2n) is 10.7. The molecule has 45 heavy (non-hydrogen) atoms. The normalized spacial score (nSPS) is 12.8. The van der Waals surface area contributed by atoms with E-state index in [4.69, 9.17) is 14.2 Å². The number of hydrogen-bond donors (Lipinski definition) is 1. The van der Waals surface area contributed by atoms with Gasteiger partial charge in [0.1, 0.15) is 22.2 Å².